The van der Waals surface area contributed by atoms with E-state index in [1.165, 1.54) is 6.08 Å². The first kappa shape index (κ1) is 23.1. The Bertz CT molecular complexity index is 423. The summed E-state index contributed by atoms with van der Waals surface area (Å²) in [6.45, 7) is 23.1. The fourth-order valence-electron chi connectivity index (χ4n) is 0.847. The zero-order chi connectivity index (χ0) is 16.6. The number of nitrogens with zero attached hydrogens (tertiary/aromatic N) is 1. The molecule has 0 radical (unpaired) electrons. The van der Waals surface area contributed by atoms with Crippen LogP contribution < -0.4 is 0 Å². The molecule has 0 rings (SSSR count). The van der Waals surface area contributed by atoms with Gasteiger partial charge in [-0.25, -0.2) is 0 Å². The molecule has 1 nitrogen and oxygen atoms in total. The van der Waals surface area contributed by atoms with E-state index in [0.717, 1.165) is 16.7 Å². The molecule has 0 spiro atoms. The first-order chi connectivity index (χ1) is 9.51. The van der Waals surface area contributed by atoms with Gasteiger partial charge in [0.15, 0.2) is 0 Å². The standard InChI is InChI=1S/C15H17N.2C2H6/c1-6-15(11-16)10-9-14(5)13(4)8-7-12(2)3;2*1-2/h6-10H,1-2,4H2,3,5H3;2*1-2H3/b8-7-,14-9+,15-10+;;. The van der Waals surface area contributed by atoms with Gasteiger partial charge < -0.3 is 0 Å². The van der Waals surface area contributed by atoms with Crippen LogP contribution in [0.1, 0.15) is 41.5 Å². The molecule has 0 fully saturated rings. The third-order valence-corrected chi connectivity index (χ3v) is 1.94. The molecule has 0 aromatic rings. The van der Waals surface area contributed by atoms with Gasteiger partial charge in [0.2, 0.25) is 0 Å². The Morgan fingerprint density at radius 2 is 1.45 bits per heavy atom. The normalized spacial score (nSPS) is 10.4. The van der Waals surface area contributed by atoms with E-state index in [0.29, 0.717) is 5.57 Å². The highest BCUT2D eigenvalue weighted by molar-refractivity contribution is 5.43. The quantitative estimate of drug-likeness (QED) is 0.424. The second kappa shape index (κ2) is 16.9. The summed E-state index contributed by atoms with van der Waals surface area (Å²) >= 11 is 0. The Balaban J connectivity index is -0.000000656. The van der Waals surface area contributed by atoms with Crippen LogP contribution in [0.15, 0.2) is 72.4 Å². The lowest BCUT2D eigenvalue weighted by atomic mass is 10.1. The Morgan fingerprint density at radius 3 is 1.80 bits per heavy atom. The third-order valence-electron chi connectivity index (χ3n) is 1.94. The number of hydrogen-bond acceptors (Lipinski definition) is 1. The van der Waals surface area contributed by atoms with Crippen molar-refractivity contribution in [3.05, 3.63) is 72.4 Å². The fraction of sp³-hybridized carbons (Fsp3) is 0.316. The highest BCUT2D eigenvalue weighted by Crippen LogP contribution is 2.10. The Hall–Kier alpha value is -2.07. The molecule has 0 atom stereocenters. The molecule has 0 saturated carbocycles. The minimum absolute atomic E-state index is 0.538. The van der Waals surface area contributed by atoms with Gasteiger partial charge in [-0.05, 0) is 31.1 Å². The monoisotopic (exact) mass is 271 g/mol. The van der Waals surface area contributed by atoms with Crippen LogP contribution in [0.3, 0.4) is 0 Å². The molecule has 0 aliphatic heterocycles. The lowest BCUT2D eigenvalue weighted by molar-refractivity contribution is 1.42. The zero-order valence-corrected chi connectivity index (χ0v) is 14.0. The van der Waals surface area contributed by atoms with Crippen LogP contribution in [0.5, 0.6) is 0 Å². The predicted molar refractivity (Wildman–Crippen MR) is 93.4 cm³/mol. The molecule has 0 N–H and O–H groups in total. The van der Waals surface area contributed by atoms with Crippen molar-refractivity contribution in [1.82, 2.24) is 0 Å². The average Bonchev–Trinajstić information content (AvgIpc) is 2.49. The van der Waals surface area contributed by atoms with Gasteiger partial charge in [-0.3, -0.25) is 0 Å². The fourth-order valence-corrected chi connectivity index (χ4v) is 0.847. The van der Waals surface area contributed by atoms with Gasteiger partial charge in [-0.2, -0.15) is 5.26 Å². The molecule has 0 heterocycles. The van der Waals surface area contributed by atoms with Crippen molar-refractivity contribution in [3.8, 4) is 6.07 Å². The smallest absolute Gasteiger partial charge is 0.0991 e. The maximum Gasteiger partial charge on any atom is 0.0991 e. The Morgan fingerprint density at radius 1 is 0.950 bits per heavy atom. The molecule has 0 bridgehead atoms. The van der Waals surface area contributed by atoms with Crippen LogP contribution in [0.25, 0.3) is 0 Å². The first-order valence-corrected chi connectivity index (χ1v) is 6.95. The van der Waals surface area contributed by atoms with Crippen molar-refractivity contribution in [2.45, 2.75) is 41.5 Å². The molecule has 0 amide bonds. The van der Waals surface area contributed by atoms with Crippen LogP contribution in [0, 0.1) is 11.3 Å². The number of allylic oxidation sites excluding steroid dienone is 9. The third kappa shape index (κ3) is 14.0. The summed E-state index contributed by atoms with van der Waals surface area (Å²) in [5, 5.41) is 8.69. The van der Waals surface area contributed by atoms with E-state index in [2.05, 4.69) is 19.7 Å². The van der Waals surface area contributed by atoms with E-state index in [9.17, 15) is 0 Å². The molecule has 20 heavy (non-hydrogen) atoms. The Labute approximate surface area is 126 Å². The SMILES string of the molecule is C=C/C(C#N)=C\C=C(/C)C(=C)/C=C\C(=C)C.CC.CC. The summed E-state index contributed by atoms with van der Waals surface area (Å²) in [6, 6.07) is 2.03. The van der Waals surface area contributed by atoms with Gasteiger partial charge in [-0.15, -0.1) is 0 Å². The maximum absolute atomic E-state index is 8.69. The zero-order valence-electron chi connectivity index (χ0n) is 14.0. The van der Waals surface area contributed by atoms with Crippen LogP contribution in [0.2, 0.25) is 0 Å². The van der Waals surface area contributed by atoms with E-state index in [1.54, 1.807) is 6.08 Å². The molecular weight excluding hydrogens is 242 g/mol. The van der Waals surface area contributed by atoms with E-state index in [1.807, 2.05) is 65.8 Å². The first-order valence-electron chi connectivity index (χ1n) is 6.95. The van der Waals surface area contributed by atoms with Gasteiger partial charge in [0, 0.05) is 0 Å². The predicted octanol–water partition coefficient (Wildman–Crippen LogP) is 6.31. The summed E-state index contributed by atoms with van der Waals surface area (Å²) in [4.78, 5) is 0. The molecule has 0 saturated heterocycles. The largest absolute Gasteiger partial charge is 0.192 e. The van der Waals surface area contributed by atoms with Gasteiger partial charge in [0.1, 0.15) is 0 Å². The lowest BCUT2D eigenvalue weighted by Gasteiger charge is -1.98. The van der Waals surface area contributed by atoms with E-state index >= 15 is 0 Å². The van der Waals surface area contributed by atoms with Crippen molar-refractivity contribution in [2.75, 3.05) is 0 Å². The van der Waals surface area contributed by atoms with Crippen LogP contribution in [-0.4, -0.2) is 0 Å². The summed E-state index contributed by atoms with van der Waals surface area (Å²) in [5.41, 5.74) is 3.43. The van der Waals surface area contributed by atoms with Crippen LogP contribution >= 0.6 is 0 Å². The highest BCUT2D eigenvalue weighted by Gasteiger charge is 1.91. The van der Waals surface area contributed by atoms with Crippen molar-refractivity contribution in [2.24, 2.45) is 0 Å². The second-order valence-corrected chi connectivity index (χ2v) is 3.49. The minimum Gasteiger partial charge on any atom is -0.192 e. The number of rotatable bonds is 5. The van der Waals surface area contributed by atoms with Gasteiger partial charge in [0.25, 0.3) is 0 Å². The topological polar surface area (TPSA) is 23.8 Å². The summed E-state index contributed by atoms with van der Waals surface area (Å²) < 4.78 is 0. The molecular formula is C19H29N. The maximum atomic E-state index is 8.69. The van der Waals surface area contributed by atoms with E-state index < -0.39 is 0 Å². The van der Waals surface area contributed by atoms with Crippen molar-refractivity contribution >= 4 is 0 Å². The second-order valence-electron chi connectivity index (χ2n) is 3.49. The average molecular weight is 271 g/mol. The van der Waals surface area contributed by atoms with Crippen LogP contribution in [-0.2, 0) is 0 Å². The molecule has 0 aromatic carbocycles. The molecule has 0 aliphatic rings. The molecule has 0 aliphatic carbocycles. The van der Waals surface area contributed by atoms with Gasteiger partial charge in [-0.1, -0.05) is 77.3 Å². The molecule has 0 unspecified atom stereocenters. The number of nitriles is 1. The van der Waals surface area contributed by atoms with Gasteiger partial charge >= 0.3 is 0 Å². The molecule has 110 valence electrons. The van der Waals surface area contributed by atoms with Crippen molar-refractivity contribution in [1.29, 1.82) is 5.26 Å². The molecule has 0 aromatic heterocycles. The van der Waals surface area contributed by atoms with Gasteiger partial charge in [0.05, 0.1) is 11.6 Å². The van der Waals surface area contributed by atoms with E-state index in [4.69, 9.17) is 5.26 Å². The van der Waals surface area contributed by atoms with E-state index in [-0.39, 0.29) is 0 Å². The minimum atomic E-state index is 0.538. The highest BCUT2D eigenvalue weighted by atomic mass is 14.2. The van der Waals surface area contributed by atoms with Crippen LogP contribution in [0.4, 0.5) is 0 Å². The lowest BCUT2D eigenvalue weighted by Crippen LogP contribution is -1.79. The number of hydrogen-bond donors (Lipinski definition) is 0. The molecule has 1 heteroatoms. The van der Waals surface area contributed by atoms with Crippen molar-refractivity contribution in [3.63, 3.8) is 0 Å². The summed E-state index contributed by atoms with van der Waals surface area (Å²) in [5.74, 6) is 0. The van der Waals surface area contributed by atoms with Crippen molar-refractivity contribution < 1.29 is 0 Å². The summed E-state index contributed by atoms with van der Waals surface area (Å²) in [6.07, 6.45) is 8.91. The summed E-state index contributed by atoms with van der Waals surface area (Å²) in [7, 11) is 0. The Kier molecular flexibility index (Phi) is 19.5.